The first-order valence-electron chi connectivity index (χ1n) is 6.55. The number of carbonyl (C=O) groups is 1. The van der Waals surface area contributed by atoms with E-state index in [-0.39, 0.29) is 38.3 Å². The second-order valence-electron chi connectivity index (χ2n) is 5.04. The number of hydrogen-bond donors (Lipinski definition) is 2. The van der Waals surface area contributed by atoms with Crippen LogP contribution < -0.4 is 5.43 Å². The topological polar surface area (TPSA) is 97.0 Å². The molecule has 0 unspecified atom stereocenters. The Morgan fingerprint density at radius 2 is 1.87 bits per heavy atom. The highest BCUT2D eigenvalue weighted by Crippen LogP contribution is 2.36. The van der Waals surface area contributed by atoms with Gasteiger partial charge in [0.15, 0.2) is 5.58 Å². The van der Waals surface area contributed by atoms with E-state index >= 15 is 0 Å². The lowest BCUT2D eigenvalue weighted by molar-refractivity contribution is 0.0602. The Hall–Kier alpha value is -2.73. The number of rotatable bonds is 1. The van der Waals surface area contributed by atoms with Gasteiger partial charge in [-0.15, -0.1) is 0 Å². The van der Waals surface area contributed by atoms with Crippen LogP contribution in [-0.4, -0.2) is 23.3 Å². The maximum atomic E-state index is 12.8. The molecule has 1 heterocycles. The minimum Gasteiger partial charge on any atom is -0.507 e. The van der Waals surface area contributed by atoms with Crippen molar-refractivity contribution in [1.29, 1.82) is 0 Å². The summed E-state index contributed by atoms with van der Waals surface area (Å²) in [7, 11) is 1.14. The maximum absolute atomic E-state index is 12.8. The summed E-state index contributed by atoms with van der Waals surface area (Å²) in [6.45, 7) is 1.72. The number of hydrogen-bond acceptors (Lipinski definition) is 6. The molecule has 0 atom stereocenters. The average Bonchev–Trinajstić information content (AvgIpc) is 2.49. The summed E-state index contributed by atoms with van der Waals surface area (Å²) in [5.74, 6) is -1.52. The number of benzene rings is 2. The van der Waals surface area contributed by atoms with Crippen molar-refractivity contribution < 1.29 is 24.2 Å². The van der Waals surface area contributed by atoms with Crippen molar-refractivity contribution in [1.82, 2.24) is 0 Å². The van der Waals surface area contributed by atoms with E-state index in [1.54, 1.807) is 13.0 Å². The number of halogens is 1. The van der Waals surface area contributed by atoms with Crippen LogP contribution in [0.5, 0.6) is 11.5 Å². The predicted octanol–water partition coefficient (Wildman–Crippen LogP) is 3.11. The molecule has 7 heteroatoms. The first-order chi connectivity index (χ1) is 10.8. The normalized spacial score (nSPS) is 11.1. The molecule has 0 bridgehead atoms. The zero-order chi connectivity index (χ0) is 16.9. The fraction of sp³-hybridized carbons (Fsp3) is 0.125. The molecule has 6 nitrogen and oxygen atoms in total. The largest absolute Gasteiger partial charge is 0.507 e. The first-order valence-corrected chi connectivity index (χ1v) is 6.93. The number of carbonyl (C=O) groups excluding carboxylic acids is 1. The quantitative estimate of drug-likeness (QED) is 0.524. The van der Waals surface area contributed by atoms with Crippen molar-refractivity contribution in [3.8, 4) is 11.5 Å². The van der Waals surface area contributed by atoms with Gasteiger partial charge < -0.3 is 19.4 Å². The molecule has 23 heavy (non-hydrogen) atoms. The molecule has 0 saturated heterocycles. The van der Waals surface area contributed by atoms with Crippen LogP contribution in [0.3, 0.4) is 0 Å². The summed E-state index contributed by atoms with van der Waals surface area (Å²) >= 11 is 6.00. The van der Waals surface area contributed by atoms with Crippen LogP contribution in [0.15, 0.2) is 27.4 Å². The molecule has 3 rings (SSSR count). The molecule has 3 aromatic rings. The van der Waals surface area contributed by atoms with Crippen LogP contribution in [0.2, 0.25) is 5.02 Å². The van der Waals surface area contributed by atoms with E-state index in [0.717, 1.165) is 13.2 Å². The highest BCUT2D eigenvalue weighted by atomic mass is 35.5. The molecule has 118 valence electrons. The molecule has 1 aromatic heterocycles. The van der Waals surface area contributed by atoms with Crippen LogP contribution in [0.25, 0.3) is 21.9 Å². The number of esters is 1. The van der Waals surface area contributed by atoms with Crippen LogP contribution in [0.1, 0.15) is 15.9 Å². The van der Waals surface area contributed by atoms with Gasteiger partial charge >= 0.3 is 5.97 Å². The molecular formula is C16H11ClO6. The number of methoxy groups -OCH3 is 1. The molecule has 0 fully saturated rings. The SMILES string of the molecule is COC(=O)c1cc(O)c(Cl)c2oc3cc(C)cc(O)c3c(=O)c12. The standard InChI is InChI=1S/C16H11ClO6/c1-6-3-8(18)12-10(4-6)23-15-11(14(12)20)7(16(21)22-2)5-9(19)13(15)17/h3-5,18-19H,1-2H3. The molecule has 2 aromatic carbocycles. The third-order valence-electron chi connectivity index (χ3n) is 3.50. The Morgan fingerprint density at radius 3 is 2.52 bits per heavy atom. The number of phenols is 2. The first kappa shape index (κ1) is 15.2. The summed E-state index contributed by atoms with van der Waals surface area (Å²) in [6, 6.07) is 3.99. The summed E-state index contributed by atoms with van der Waals surface area (Å²) < 4.78 is 10.2. The van der Waals surface area contributed by atoms with Crippen molar-refractivity contribution in [2.75, 3.05) is 7.11 Å². The fourth-order valence-corrected chi connectivity index (χ4v) is 2.68. The molecule has 0 aliphatic heterocycles. The van der Waals surface area contributed by atoms with E-state index in [1.165, 1.54) is 6.07 Å². The van der Waals surface area contributed by atoms with Crippen molar-refractivity contribution in [2.45, 2.75) is 6.92 Å². The highest BCUT2D eigenvalue weighted by Gasteiger charge is 2.23. The minimum atomic E-state index is -0.833. The van der Waals surface area contributed by atoms with E-state index in [4.69, 9.17) is 16.0 Å². The number of phenolic OH excluding ortho intramolecular Hbond substituents is 2. The number of fused-ring (bicyclic) bond motifs is 2. The van der Waals surface area contributed by atoms with Gasteiger partial charge in [0.05, 0.1) is 18.1 Å². The molecule has 0 radical (unpaired) electrons. The van der Waals surface area contributed by atoms with E-state index in [0.29, 0.717) is 5.56 Å². The summed E-state index contributed by atoms with van der Waals surface area (Å²) in [5.41, 5.74) is -0.207. The van der Waals surface area contributed by atoms with E-state index in [2.05, 4.69) is 4.74 Å². The zero-order valence-electron chi connectivity index (χ0n) is 12.1. The fourth-order valence-electron chi connectivity index (χ4n) is 2.49. The Labute approximate surface area is 134 Å². The van der Waals surface area contributed by atoms with E-state index in [1.807, 2.05) is 0 Å². The van der Waals surface area contributed by atoms with Gasteiger partial charge in [-0.1, -0.05) is 11.6 Å². The average molecular weight is 335 g/mol. The van der Waals surface area contributed by atoms with Crippen molar-refractivity contribution >= 4 is 39.5 Å². The molecule has 2 N–H and O–H groups in total. The van der Waals surface area contributed by atoms with Crippen LogP contribution >= 0.6 is 11.6 Å². The van der Waals surface area contributed by atoms with Crippen molar-refractivity contribution in [3.05, 3.63) is 44.6 Å². The third kappa shape index (κ3) is 2.19. The van der Waals surface area contributed by atoms with E-state index < -0.39 is 17.1 Å². The second-order valence-corrected chi connectivity index (χ2v) is 5.42. The number of aryl methyl sites for hydroxylation is 1. The number of aromatic hydroxyl groups is 2. The maximum Gasteiger partial charge on any atom is 0.338 e. The zero-order valence-corrected chi connectivity index (χ0v) is 12.9. The lowest BCUT2D eigenvalue weighted by Crippen LogP contribution is -2.11. The predicted molar refractivity (Wildman–Crippen MR) is 84.4 cm³/mol. The van der Waals surface area contributed by atoms with E-state index in [9.17, 15) is 19.8 Å². The smallest absolute Gasteiger partial charge is 0.338 e. The molecule has 0 spiro atoms. The summed E-state index contributed by atoms with van der Waals surface area (Å²) in [4.78, 5) is 24.7. The molecular weight excluding hydrogens is 324 g/mol. The Bertz CT molecular complexity index is 1030. The van der Waals surface area contributed by atoms with Crippen molar-refractivity contribution in [2.24, 2.45) is 0 Å². The van der Waals surface area contributed by atoms with Gasteiger partial charge in [-0.2, -0.15) is 0 Å². The Morgan fingerprint density at radius 1 is 1.17 bits per heavy atom. The minimum absolute atomic E-state index is 0.0741. The summed E-state index contributed by atoms with van der Waals surface area (Å²) in [5, 5.41) is 19.5. The second kappa shape index (κ2) is 5.17. The van der Waals surface area contributed by atoms with Crippen molar-refractivity contribution in [3.63, 3.8) is 0 Å². The Balaban J connectivity index is 2.64. The Kier molecular flexibility index (Phi) is 3.41. The number of ether oxygens (including phenoxy) is 1. The van der Waals surface area contributed by atoms with Gasteiger partial charge in [0.25, 0.3) is 0 Å². The van der Waals surface area contributed by atoms with Crippen LogP contribution in [-0.2, 0) is 4.74 Å². The third-order valence-corrected chi connectivity index (χ3v) is 3.86. The van der Waals surface area contributed by atoms with Gasteiger partial charge in [-0.05, 0) is 30.7 Å². The van der Waals surface area contributed by atoms with Gasteiger partial charge in [-0.3, -0.25) is 4.79 Å². The summed E-state index contributed by atoms with van der Waals surface area (Å²) in [6.07, 6.45) is 0. The van der Waals surface area contributed by atoms with Crippen LogP contribution in [0, 0.1) is 6.92 Å². The molecule has 0 aliphatic rings. The van der Waals surface area contributed by atoms with Gasteiger partial charge in [0.2, 0.25) is 5.43 Å². The molecule has 0 saturated carbocycles. The monoisotopic (exact) mass is 334 g/mol. The van der Waals surface area contributed by atoms with Gasteiger partial charge in [0, 0.05) is 0 Å². The highest BCUT2D eigenvalue weighted by molar-refractivity contribution is 6.37. The van der Waals surface area contributed by atoms with Gasteiger partial charge in [0.1, 0.15) is 27.5 Å². The van der Waals surface area contributed by atoms with Crippen LogP contribution in [0.4, 0.5) is 0 Å². The van der Waals surface area contributed by atoms with Gasteiger partial charge in [-0.25, -0.2) is 4.79 Å². The molecule has 0 aliphatic carbocycles. The molecule has 0 amide bonds. The lowest BCUT2D eigenvalue weighted by Gasteiger charge is -2.10. The lowest BCUT2D eigenvalue weighted by atomic mass is 10.0.